The molecular weight excluding hydrogens is 290 g/mol. The zero-order valence-corrected chi connectivity index (χ0v) is 12.3. The van der Waals surface area contributed by atoms with E-state index in [1.807, 2.05) is 12.4 Å². The summed E-state index contributed by atoms with van der Waals surface area (Å²) in [5.74, 6) is 1.32. The molecule has 9 nitrogen and oxygen atoms in total. The minimum Gasteiger partial charge on any atom is -0.357 e. The van der Waals surface area contributed by atoms with Crippen LogP contribution in [-0.2, 0) is 6.54 Å². The minimum atomic E-state index is 0.398. The molecule has 0 aromatic carbocycles. The van der Waals surface area contributed by atoms with Crippen LogP contribution in [0.5, 0.6) is 0 Å². The molecule has 0 saturated heterocycles. The molecule has 0 aliphatic rings. The van der Waals surface area contributed by atoms with Gasteiger partial charge >= 0.3 is 0 Å². The van der Waals surface area contributed by atoms with Crippen LogP contribution in [0.25, 0.3) is 5.95 Å². The number of nitrogens with one attached hydrogen (secondary N) is 2. The van der Waals surface area contributed by atoms with E-state index in [1.54, 1.807) is 18.4 Å². The standard InChI is InChI=1S/C11H13N9S/c1-7-8(21-6-15-7)3-14-10-17-9(12-2)18-11(19-10)20-5-13-4-16-20/h4-6H,3H2,1-2H3,(H2,12,14,17,18,19). The van der Waals surface area contributed by atoms with E-state index in [4.69, 9.17) is 0 Å². The van der Waals surface area contributed by atoms with Gasteiger partial charge in [0.1, 0.15) is 12.7 Å². The Labute approximate surface area is 124 Å². The summed E-state index contributed by atoms with van der Waals surface area (Å²) in [5, 5.41) is 10.1. The summed E-state index contributed by atoms with van der Waals surface area (Å²) in [7, 11) is 1.75. The number of anilines is 2. The van der Waals surface area contributed by atoms with Crippen molar-refractivity contribution in [1.82, 2.24) is 34.7 Å². The smallest absolute Gasteiger partial charge is 0.258 e. The highest BCUT2D eigenvalue weighted by Gasteiger charge is 2.09. The Morgan fingerprint density at radius 2 is 2.10 bits per heavy atom. The first-order valence-electron chi connectivity index (χ1n) is 6.18. The van der Waals surface area contributed by atoms with E-state index in [0.717, 1.165) is 10.6 Å². The lowest BCUT2D eigenvalue weighted by atomic mass is 10.4. The number of rotatable bonds is 5. The van der Waals surface area contributed by atoms with Crippen molar-refractivity contribution >= 4 is 23.2 Å². The highest BCUT2D eigenvalue weighted by atomic mass is 32.1. The van der Waals surface area contributed by atoms with Gasteiger partial charge in [0.2, 0.25) is 11.9 Å². The van der Waals surface area contributed by atoms with E-state index in [1.165, 1.54) is 17.3 Å². The Morgan fingerprint density at radius 1 is 1.24 bits per heavy atom. The third-order valence-corrected chi connectivity index (χ3v) is 3.66. The van der Waals surface area contributed by atoms with Crippen molar-refractivity contribution in [2.24, 2.45) is 0 Å². The maximum Gasteiger partial charge on any atom is 0.258 e. The predicted octanol–water partition coefficient (Wildman–Crippen LogP) is 0.871. The molecule has 21 heavy (non-hydrogen) atoms. The van der Waals surface area contributed by atoms with Crippen LogP contribution in [0.2, 0.25) is 0 Å². The molecule has 0 unspecified atom stereocenters. The summed E-state index contributed by atoms with van der Waals surface area (Å²) in [6, 6.07) is 0. The molecule has 0 amide bonds. The number of nitrogens with zero attached hydrogens (tertiary/aromatic N) is 7. The maximum atomic E-state index is 4.32. The molecule has 3 heterocycles. The minimum absolute atomic E-state index is 0.398. The van der Waals surface area contributed by atoms with Crippen LogP contribution in [0.4, 0.5) is 11.9 Å². The zero-order chi connectivity index (χ0) is 14.7. The molecule has 0 aliphatic heterocycles. The van der Waals surface area contributed by atoms with Crippen molar-refractivity contribution in [1.29, 1.82) is 0 Å². The van der Waals surface area contributed by atoms with Crippen molar-refractivity contribution in [3.8, 4) is 5.95 Å². The lowest BCUT2D eigenvalue weighted by Crippen LogP contribution is -2.11. The fourth-order valence-electron chi connectivity index (χ4n) is 1.62. The molecule has 0 saturated carbocycles. The molecule has 108 valence electrons. The van der Waals surface area contributed by atoms with Crippen LogP contribution in [0.15, 0.2) is 18.2 Å². The number of hydrogen-bond donors (Lipinski definition) is 2. The van der Waals surface area contributed by atoms with Gasteiger partial charge in [-0.3, -0.25) is 0 Å². The van der Waals surface area contributed by atoms with E-state index in [0.29, 0.717) is 24.4 Å². The number of thiazole rings is 1. The lowest BCUT2D eigenvalue weighted by Gasteiger charge is -2.07. The fraction of sp³-hybridized carbons (Fsp3) is 0.273. The van der Waals surface area contributed by atoms with Gasteiger partial charge in [0.05, 0.1) is 17.7 Å². The number of hydrogen-bond acceptors (Lipinski definition) is 9. The Kier molecular flexibility index (Phi) is 3.69. The Balaban J connectivity index is 1.84. The van der Waals surface area contributed by atoms with Gasteiger partial charge in [0.25, 0.3) is 5.95 Å². The van der Waals surface area contributed by atoms with Gasteiger partial charge in [-0.05, 0) is 6.92 Å². The Morgan fingerprint density at radius 3 is 2.76 bits per heavy atom. The SMILES string of the molecule is CNc1nc(NCc2scnc2C)nc(-n2cncn2)n1. The third-order valence-electron chi connectivity index (χ3n) is 2.72. The van der Waals surface area contributed by atoms with E-state index < -0.39 is 0 Å². The predicted molar refractivity (Wildman–Crippen MR) is 78.5 cm³/mol. The average Bonchev–Trinajstić information content (AvgIpc) is 3.16. The summed E-state index contributed by atoms with van der Waals surface area (Å²) in [5.41, 5.74) is 2.83. The van der Waals surface area contributed by atoms with E-state index >= 15 is 0 Å². The summed E-state index contributed by atoms with van der Waals surface area (Å²) in [4.78, 5) is 22.1. The highest BCUT2D eigenvalue weighted by Crippen LogP contribution is 2.14. The first kappa shape index (κ1) is 13.4. The maximum absolute atomic E-state index is 4.32. The Hall–Kier alpha value is -2.62. The highest BCUT2D eigenvalue weighted by molar-refractivity contribution is 7.09. The summed E-state index contributed by atoms with van der Waals surface area (Å²) >= 11 is 1.59. The Bertz CT molecular complexity index is 721. The number of aromatic nitrogens is 7. The van der Waals surface area contributed by atoms with Crippen molar-refractivity contribution in [2.75, 3.05) is 17.7 Å². The van der Waals surface area contributed by atoms with Gasteiger partial charge in [0.15, 0.2) is 0 Å². The second kappa shape index (κ2) is 5.79. The molecule has 0 atom stereocenters. The molecule has 10 heteroatoms. The lowest BCUT2D eigenvalue weighted by molar-refractivity contribution is 0.795. The second-order valence-corrected chi connectivity index (χ2v) is 5.03. The summed E-state index contributed by atoms with van der Waals surface area (Å²) in [6.07, 6.45) is 2.96. The first-order valence-corrected chi connectivity index (χ1v) is 7.06. The van der Waals surface area contributed by atoms with Crippen molar-refractivity contribution in [2.45, 2.75) is 13.5 Å². The van der Waals surface area contributed by atoms with Crippen LogP contribution >= 0.6 is 11.3 Å². The van der Waals surface area contributed by atoms with Crippen LogP contribution in [-0.4, -0.2) is 41.7 Å². The molecule has 0 aliphatic carbocycles. The van der Waals surface area contributed by atoms with Crippen molar-refractivity contribution in [3.63, 3.8) is 0 Å². The summed E-state index contributed by atoms with van der Waals surface area (Å²) < 4.78 is 1.48. The monoisotopic (exact) mass is 303 g/mol. The third kappa shape index (κ3) is 2.94. The molecular formula is C11H13N9S. The average molecular weight is 303 g/mol. The normalized spacial score (nSPS) is 10.6. The van der Waals surface area contributed by atoms with Gasteiger partial charge in [-0.1, -0.05) is 0 Å². The molecule has 0 fully saturated rings. The van der Waals surface area contributed by atoms with Crippen LogP contribution in [0, 0.1) is 6.92 Å². The largest absolute Gasteiger partial charge is 0.357 e. The molecule has 0 spiro atoms. The van der Waals surface area contributed by atoms with Crippen LogP contribution in [0.3, 0.4) is 0 Å². The molecule has 0 bridgehead atoms. The topological polar surface area (TPSA) is 106 Å². The zero-order valence-electron chi connectivity index (χ0n) is 11.5. The fourth-order valence-corrected chi connectivity index (χ4v) is 2.34. The van der Waals surface area contributed by atoms with E-state index in [9.17, 15) is 0 Å². The first-order chi connectivity index (χ1) is 10.3. The summed E-state index contributed by atoms with van der Waals surface area (Å²) in [6.45, 7) is 2.58. The van der Waals surface area contributed by atoms with Gasteiger partial charge < -0.3 is 10.6 Å². The van der Waals surface area contributed by atoms with Gasteiger partial charge in [-0.25, -0.2) is 9.97 Å². The molecule has 2 N–H and O–H groups in total. The van der Waals surface area contributed by atoms with E-state index in [-0.39, 0.29) is 0 Å². The van der Waals surface area contributed by atoms with Crippen molar-refractivity contribution in [3.05, 3.63) is 28.7 Å². The molecule has 3 rings (SSSR count). The molecule has 3 aromatic rings. The molecule has 3 aromatic heterocycles. The van der Waals surface area contributed by atoms with Gasteiger partial charge in [-0.2, -0.15) is 24.7 Å². The quantitative estimate of drug-likeness (QED) is 0.715. The van der Waals surface area contributed by atoms with Gasteiger partial charge in [-0.15, -0.1) is 11.3 Å². The van der Waals surface area contributed by atoms with Crippen LogP contribution in [0.1, 0.15) is 10.6 Å². The second-order valence-electron chi connectivity index (χ2n) is 4.09. The van der Waals surface area contributed by atoms with Crippen molar-refractivity contribution < 1.29 is 0 Å². The van der Waals surface area contributed by atoms with E-state index in [2.05, 4.69) is 40.7 Å². The van der Waals surface area contributed by atoms with Gasteiger partial charge in [0, 0.05) is 11.9 Å². The number of aryl methyl sites for hydroxylation is 1. The molecule has 0 radical (unpaired) electrons. The van der Waals surface area contributed by atoms with Crippen LogP contribution < -0.4 is 10.6 Å².